The minimum Gasteiger partial charge on any atom is -0.450 e. The molecule has 120 valence electrons. The van der Waals surface area contributed by atoms with Crippen LogP contribution in [-0.4, -0.2) is 36.6 Å². The topological polar surface area (TPSA) is 58.6 Å². The third-order valence-electron chi connectivity index (χ3n) is 3.50. The number of benzene rings is 1. The van der Waals surface area contributed by atoms with Gasteiger partial charge in [0, 0.05) is 19.2 Å². The molecule has 1 aliphatic heterocycles. The molecule has 0 spiro atoms. The van der Waals surface area contributed by atoms with Crippen LogP contribution in [0.5, 0.6) is 0 Å². The van der Waals surface area contributed by atoms with Gasteiger partial charge in [0.1, 0.15) is 11.6 Å². The minimum absolute atomic E-state index is 0.196. The number of nitrogens with zero attached hydrogens (tertiary/aromatic N) is 1. The minimum atomic E-state index is -0.701. The van der Waals surface area contributed by atoms with Crippen LogP contribution in [0.2, 0.25) is 0 Å². The molecule has 1 unspecified atom stereocenters. The largest absolute Gasteiger partial charge is 0.450 e. The van der Waals surface area contributed by atoms with Gasteiger partial charge in [-0.15, -0.1) is 0 Å². The molecule has 1 aliphatic rings. The van der Waals surface area contributed by atoms with Crippen LogP contribution in [-0.2, 0) is 9.53 Å². The Bertz CT molecular complexity index is 566. The first kappa shape index (κ1) is 16.2. The third-order valence-corrected chi connectivity index (χ3v) is 3.50. The summed E-state index contributed by atoms with van der Waals surface area (Å²) in [5.41, 5.74) is -0.196. The predicted molar refractivity (Wildman–Crippen MR) is 76.3 cm³/mol. The molecule has 1 aromatic carbocycles. The molecule has 7 heteroatoms. The number of carbonyl (C=O) groups is 2. The molecule has 1 aromatic rings. The van der Waals surface area contributed by atoms with E-state index in [1.54, 1.807) is 6.92 Å². The van der Waals surface area contributed by atoms with Gasteiger partial charge in [-0.05, 0) is 31.9 Å². The maximum absolute atomic E-state index is 13.5. The summed E-state index contributed by atoms with van der Waals surface area (Å²) >= 11 is 0. The first-order valence-corrected chi connectivity index (χ1v) is 7.19. The van der Waals surface area contributed by atoms with Crippen molar-refractivity contribution in [2.75, 3.05) is 25.0 Å². The molecule has 0 bridgehead atoms. The van der Waals surface area contributed by atoms with Crippen LogP contribution in [0.15, 0.2) is 18.2 Å². The summed E-state index contributed by atoms with van der Waals surface area (Å²) in [6.45, 7) is 2.71. The lowest BCUT2D eigenvalue weighted by Gasteiger charge is -2.31. The Morgan fingerprint density at radius 1 is 1.41 bits per heavy atom. The molecule has 0 radical (unpaired) electrons. The standard InChI is InChI=1S/C15H18F2N2O3/c1-2-22-15(21)19-7-3-4-10(9-19)14(20)18-13-8-11(16)5-6-12(13)17/h5-6,8,10H,2-4,7,9H2,1H3,(H,18,20). The zero-order chi connectivity index (χ0) is 16.1. The number of amides is 2. The number of hydrogen-bond acceptors (Lipinski definition) is 3. The van der Waals surface area contributed by atoms with Crippen molar-refractivity contribution in [3.63, 3.8) is 0 Å². The van der Waals surface area contributed by atoms with Crippen LogP contribution in [0.25, 0.3) is 0 Å². The summed E-state index contributed by atoms with van der Waals surface area (Å²) in [7, 11) is 0. The second-order valence-electron chi connectivity index (χ2n) is 5.10. The van der Waals surface area contributed by atoms with E-state index in [1.165, 1.54) is 4.90 Å². The highest BCUT2D eigenvalue weighted by Gasteiger charge is 2.29. The number of rotatable bonds is 3. The van der Waals surface area contributed by atoms with Gasteiger partial charge in [0.05, 0.1) is 18.2 Å². The van der Waals surface area contributed by atoms with Crippen molar-refractivity contribution >= 4 is 17.7 Å². The monoisotopic (exact) mass is 312 g/mol. The van der Waals surface area contributed by atoms with Crippen molar-refractivity contribution in [3.05, 3.63) is 29.8 Å². The number of hydrogen-bond donors (Lipinski definition) is 1. The Balaban J connectivity index is 2.00. The van der Waals surface area contributed by atoms with E-state index in [-0.39, 0.29) is 18.8 Å². The lowest BCUT2D eigenvalue weighted by atomic mass is 9.97. The SMILES string of the molecule is CCOC(=O)N1CCCC(C(=O)Nc2cc(F)ccc2F)C1. The fourth-order valence-electron chi connectivity index (χ4n) is 2.40. The number of nitrogens with one attached hydrogen (secondary N) is 1. The first-order valence-electron chi connectivity index (χ1n) is 7.19. The van der Waals surface area contributed by atoms with Crippen molar-refractivity contribution in [3.8, 4) is 0 Å². The van der Waals surface area contributed by atoms with Gasteiger partial charge in [-0.2, -0.15) is 0 Å². The van der Waals surface area contributed by atoms with E-state index in [9.17, 15) is 18.4 Å². The average molecular weight is 312 g/mol. The Labute approximate surface area is 127 Å². The lowest BCUT2D eigenvalue weighted by Crippen LogP contribution is -2.44. The molecule has 5 nitrogen and oxygen atoms in total. The van der Waals surface area contributed by atoms with Gasteiger partial charge in [0.25, 0.3) is 0 Å². The normalized spacial score (nSPS) is 18.0. The fourth-order valence-corrected chi connectivity index (χ4v) is 2.40. The van der Waals surface area contributed by atoms with Crippen molar-refractivity contribution in [1.82, 2.24) is 4.90 Å². The number of ether oxygens (including phenoxy) is 1. The van der Waals surface area contributed by atoms with E-state index < -0.39 is 29.6 Å². The molecule has 1 fully saturated rings. The summed E-state index contributed by atoms with van der Waals surface area (Å²) in [6, 6.07) is 2.87. The summed E-state index contributed by atoms with van der Waals surface area (Å²) < 4.78 is 31.5. The molecular formula is C15H18F2N2O3. The number of halogens is 2. The van der Waals surface area contributed by atoms with E-state index in [1.807, 2.05) is 0 Å². The molecule has 1 heterocycles. The molecule has 22 heavy (non-hydrogen) atoms. The zero-order valence-electron chi connectivity index (χ0n) is 12.3. The quantitative estimate of drug-likeness (QED) is 0.933. The van der Waals surface area contributed by atoms with Crippen LogP contribution in [0, 0.1) is 17.6 Å². The first-order chi connectivity index (χ1) is 10.5. The highest BCUT2D eigenvalue weighted by molar-refractivity contribution is 5.93. The second kappa shape index (κ2) is 7.20. The Hall–Kier alpha value is -2.18. The maximum atomic E-state index is 13.5. The fraction of sp³-hybridized carbons (Fsp3) is 0.467. The Morgan fingerprint density at radius 3 is 2.91 bits per heavy atom. The maximum Gasteiger partial charge on any atom is 0.409 e. The van der Waals surface area contributed by atoms with Crippen LogP contribution >= 0.6 is 0 Å². The van der Waals surface area contributed by atoms with Gasteiger partial charge in [-0.3, -0.25) is 4.79 Å². The summed E-state index contributed by atoms with van der Waals surface area (Å²) in [5, 5.41) is 2.38. The number of carbonyl (C=O) groups excluding carboxylic acids is 2. The van der Waals surface area contributed by atoms with Crippen molar-refractivity contribution in [2.45, 2.75) is 19.8 Å². The van der Waals surface area contributed by atoms with Crippen molar-refractivity contribution < 1.29 is 23.1 Å². The molecule has 1 atom stereocenters. The summed E-state index contributed by atoms with van der Waals surface area (Å²) in [5.74, 6) is -2.24. The van der Waals surface area contributed by atoms with Gasteiger partial charge in [0.15, 0.2) is 0 Å². The third kappa shape index (κ3) is 3.93. The average Bonchev–Trinajstić information content (AvgIpc) is 2.51. The van der Waals surface area contributed by atoms with E-state index in [0.29, 0.717) is 19.4 Å². The van der Waals surface area contributed by atoms with E-state index in [2.05, 4.69) is 5.32 Å². The number of piperidine rings is 1. The summed E-state index contributed by atoms with van der Waals surface area (Å²) in [4.78, 5) is 25.3. The van der Waals surface area contributed by atoms with Crippen LogP contribution in [0.3, 0.4) is 0 Å². The molecule has 2 amide bonds. The lowest BCUT2D eigenvalue weighted by molar-refractivity contribution is -0.121. The van der Waals surface area contributed by atoms with Gasteiger partial charge < -0.3 is 15.0 Å². The molecule has 1 N–H and O–H groups in total. The number of likely N-dealkylation sites (tertiary alicyclic amines) is 1. The van der Waals surface area contributed by atoms with E-state index in [0.717, 1.165) is 18.2 Å². The molecule has 1 saturated heterocycles. The Morgan fingerprint density at radius 2 is 2.18 bits per heavy atom. The predicted octanol–water partition coefficient (Wildman–Crippen LogP) is 2.77. The van der Waals surface area contributed by atoms with Crippen molar-refractivity contribution in [2.24, 2.45) is 5.92 Å². The number of anilines is 1. The molecular weight excluding hydrogens is 294 g/mol. The van der Waals surface area contributed by atoms with Gasteiger partial charge in [-0.1, -0.05) is 0 Å². The van der Waals surface area contributed by atoms with Gasteiger partial charge in [0.2, 0.25) is 5.91 Å². The molecule has 0 saturated carbocycles. The molecule has 0 aromatic heterocycles. The van der Waals surface area contributed by atoms with Crippen LogP contribution in [0.4, 0.5) is 19.3 Å². The van der Waals surface area contributed by atoms with E-state index >= 15 is 0 Å². The molecule has 2 rings (SSSR count). The van der Waals surface area contributed by atoms with E-state index in [4.69, 9.17) is 4.74 Å². The van der Waals surface area contributed by atoms with Crippen LogP contribution in [0.1, 0.15) is 19.8 Å². The molecule has 0 aliphatic carbocycles. The second-order valence-corrected chi connectivity index (χ2v) is 5.10. The highest BCUT2D eigenvalue weighted by Crippen LogP contribution is 2.21. The zero-order valence-corrected chi connectivity index (χ0v) is 12.3. The summed E-state index contributed by atoms with van der Waals surface area (Å²) in [6.07, 6.45) is 0.776. The van der Waals surface area contributed by atoms with Gasteiger partial charge >= 0.3 is 6.09 Å². The van der Waals surface area contributed by atoms with Gasteiger partial charge in [-0.25, -0.2) is 13.6 Å². The Kier molecular flexibility index (Phi) is 5.30. The highest BCUT2D eigenvalue weighted by atomic mass is 19.1. The van der Waals surface area contributed by atoms with Crippen LogP contribution < -0.4 is 5.32 Å². The smallest absolute Gasteiger partial charge is 0.409 e. The van der Waals surface area contributed by atoms with Crippen molar-refractivity contribution in [1.29, 1.82) is 0 Å².